The topological polar surface area (TPSA) is 105 Å². The number of aromatic nitrogens is 3. The Hall–Kier alpha value is -3.85. The van der Waals surface area contributed by atoms with Crippen molar-refractivity contribution in [1.29, 1.82) is 0 Å². The van der Waals surface area contributed by atoms with Crippen LogP contribution in [0.2, 0.25) is 0 Å². The lowest BCUT2D eigenvalue weighted by atomic mass is 10.1. The summed E-state index contributed by atoms with van der Waals surface area (Å²) in [5.74, 6) is -0.434. The standard InChI is InChI=1S/C22H17FN4O3S/c1-31(29,30)17-11-12-19(23)18(13-17)22(28)24-16-9-7-15(8-10-16)21-25-20(26-27-21)14-5-3-2-4-6-14/h2-13H,1H3,(H,24,28)(H,25,26,27). The van der Waals surface area contributed by atoms with Crippen LogP contribution in [0.15, 0.2) is 77.7 Å². The fourth-order valence-electron chi connectivity index (χ4n) is 2.93. The molecule has 156 valence electrons. The van der Waals surface area contributed by atoms with E-state index in [1.165, 1.54) is 0 Å². The van der Waals surface area contributed by atoms with E-state index in [0.717, 1.165) is 35.6 Å². The van der Waals surface area contributed by atoms with Crippen LogP contribution in [-0.4, -0.2) is 35.8 Å². The number of halogens is 1. The molecule has 0 fully saturated rings. The average Bonchev–Trinajstić information content (AvgIpc) is 3.24. The summed E-state index contributed by atoms with van der Waals surface area (Å²) in [5.41, 5.74) is 1.70. The van der Waals surface area contributed by atoms with Gasteiger partial charge < -0.3 is 5.32 Å². The fraction of sp³-hybridized carbons (Fsp3) is 0.0455. The third kappa shape index (κ3) is 4.51. The van der Waals surface area contributed by atoms with Crippen LogP contribution in [-0.2, 0) is 9.84 Å². The maximum Gasteiger partial charge on any atom is 0.258 e. The van der Waals surface area contributed by atoms with Crippen molar-refractivity contribution in [2.75, 3.05) is 11.6 Å². The van der Waals surface area contributed by atoms with Crippen molar-refractivity contribution >= 4 is 21.4 Å². The molecule has 0 saturated heterocycles. The summed E-state index contributed by atoms with van der Waals surface area (Å²) >= 11 is 0. The van der Waals surface area contributed by atoms with Crippen LogP contribution >= 0.6 is 0 Å². The van der Waals surface area contributed by atoms with Crippen LogP contribution in [0.1, 0.15) is 10.4 Å². The van der Waals surface area contributed by atoms with Crippen molar-refractivity contribution in [3.8, 4) is 22.8 Å². The van der Waals surface area contributed by atoms with Crippen molar-refractivity contribution in [2.24, 2.45) is 0 Å². The Morgan fingerprint density at radius 3 is 2.35 bits per heavy atom. The van der Waals surface area contributed by atoms with Gasteiger partial charge in [-0.3, -0.25) is 9.89 Å². The molecule has 4 rings (SSSR count). The molecule has 9 heteroatoms. The second-order valence-corrected chi connectivity index (χ2v) is 8.83. The molecule has 1 amide bonds. The predicted octanol–water partition coefficient (Wildman–Crippen LogP) is 3.93. The minimum atomic E-state index is -3.57. The van der Waals surface area contributed by atoms with Gasteiger partial charge in [-0.15, -0.1) is 0 Å². The average molecular weight is 436 g/mol. The van der Waals surface area contributed by atoms with Crippen molar-refractivity contribution in [2.45, 2.75) is 4.90 Å². The summed E-state index contributed by atoms with van der Waals surface area (Å²) in [4.78, 5) is 16.8. The number of benzene rings is 3. The molecule has 3 aromatic carbocycles. The smallest absolute Gasteiger partial charge is 0.258 e. The first-order chi connectivity index (χ1) is 14.8. The molecule has 0 unspecified atom stereocenters. The fourth-order valence-corrected chi connectivity index (χ4v) is 3.57. The van der Waals surface area contributed by atoms with E-state index in [0.29, 0.717) is 17.3 Å². The molecule has 7 nitrogen and oxygen atoms in total. The molecule has 0 aliphatic rings. The van der Waals surface area contributed by atoms with Gasteiger partial charge in [0.25, 0.3) is 5.91 Å². The van der Waals surface area contributed by atoms with E-state index < -0.39 is 21.6 Å². The number of carbonyl (C=O) groups is 1. The highest BCUT2D eigenvalue weighted by Gasteiger charge is 2.17. The molecule has 0 aliphatic carbocycles. The largest absolute Gasteiger partial charge is 0.322 e. The third-order valence-electron chi connectivity index (χ3n) is 4.54. The number of anilines is 1. The van der Waals surface area contributed by atoms with Crippen LogP contribution < -0.4 is 5.32 Å². The van der Waals surface area contributed by atoms with Crippen molar-refractivity contribution in [3.63, 3.8) is 0 Å². The van der Waals surface area contributed by atoms with E-state index in [1.807, 2.05) is 30.3 Å². The lowest BCUT2D eigenvalue weighted by Crippen LogP contribution is -2.14. The van der Waals surface area contributed by atoms with Gasteiger partial charge in [0.2, 0.25) is 0 Å². The second kappa shape index (κ2) is 8.11. The van der Waals surface area contributed by atoms with E-state index in [9.17, 15) is 17.6 Å². The van der Waals surface area contributed by atoms with Crippen molar-refractivity contribution in [3.05, 3.63) is 84.2 Å². The van der Waals surface area contributed by atoms with Gasteiger partial charge in [0.1, 0.15) is 5.82 Å². The Labute approximate surface area is 177 Å². The number of carbonyl (C=O) groups excluding carboxylic acids is 1. The lowest BCUT2D eigenvalue weighted by Gasteiger charge is -2.08. The molecule has 0 spiro atoms. The highest BCUT2D eigenvalue weighted by molar-refractivity contribution is 7.90. The maximum atomic E-state index is 14.1. The van der Waals surface area contributed by atoms with E-state index >= 15 is 0 Å². The van der Waals surface area contributed by atoms with Crippen LogP contribution in [0.25, 0.3) is 22.8 Å². The van der Waals surface area contributed by atoms with Gasteiger partial charge in [0.15, 0.2) is 21.5 Å². The Morgan fingerprint density at radius 2 is 1.68 bits per heavy atom. The molecule has 2 N–H and O–H groups in total. The highest BCUT2D eigenvalue weighted by Crippen LogP contribution is 2.22. The summed E-state index contributed by atoms with van der Waals surface area (Å²) in [5, 5.41) is 9.66. The Balaban J connectivity index is 1.52. The van der Waals surface area contributed by atoms with E-state index in [4.69, 9.17) is 0 Å². The van der Waals surface area contributed by atoms with Gasteiger partial charge in [-0.2, -0.15) is 5.10 Å². The SMILES string of the molecule is CS(=O)(=O)c1ccc(F)c(C(=O)Nc2ccc(-c3nc(-c4ccccc4)n[nH]3)cc2)c1. The number of nitrogens with one attached hydrogen (secondary N) is 2. The molecule has 0 bridgehead atoms. The van der Waals surface area contributed by atoms with E-state index in [1.54, 1.807) is 24.3 Å². The zero-order valence-corrected chi connectivity index (χ0v) is 17.2. The van der Waals surface area contributed by atoms with Crippen molar-refractivity contribution in [1.82, 2.24) is 15.2 Å². The summed E-state index contributed by atoms with van der Waals surface area (Å²) in [6.45, 7) is 0. The van der Waals surface area contributed by atoms with Crippen molar-refractivity contribution < 1.29 is 17.6 Å². The zero-order valence-electron chi connectivity index (χ0n) is 16.3. The predicted molar refractivity (Wildman–Crippen MR) is 115 cm³/mol. The highest BCUT2D eigenvalue weighted by atomic mass is 32.2. The molecule has 31 heavy (non-hydrogen) atoms. The molecule has 1 aromatic heterocycles. The van der Waals surface area contributed by atoms with Crippen LogP contribution in [0.5, 0.6) is 0 Å². The van der Waals surface area contributed by atoms with Gasteiger partial charge in [-0.05, 0) is 42.5 Å². The maximum absolute atomic E-state index is 14.1. The molecule has 0 saturated carbocycles. The minimum Gasteiger partial charge on any atom is -0.322 e. The molecular weight excluding hydrogens is 419 g/mol. The quantitative estimate of drug-likeness (QED) is 0.461. The number of sulfone groups is 1. The molecule has 0 aliphatic heterocycles. The van der Waals surface area contributed by atoms with Gasteiger partial charge in [0.05, 0.1) is 10.5 Å². The summed E-state index contributed by atoms with van der Waals surface area (Å²) in [6, 6.07) is 19.4. The summed E-state index contributed by atoms with van der Waals surface area (Å²) in [7, 11) is -3.57. The van der Waals surface area contributed by atoms with Gasteiger partial charge >= 0.3 is 0 Å². The van der Waals surface area contributed by atoms with E-state index in [2.05, 4.69) is 20.5 Å². The molecule has 4 aromatic rings. The number of hydrogen-bond donors (Lipinski definition) is 2. The Morgan fingerprint density at radius 1 is 0.968 bits per heavy atom. The number of hydrogen-bond acceptors (Lipinski definition) is 5. The Kier molecular flexibility index (Phi) is 5.35. The number of rotatable bonds is 5. The van der Waals surface area contributed by atoms with E-state index in [-0.39, 0.29) is 10.5 Å². The normalized spacial score (nSPS) is 11.3. The second-order valence-electron chi connectivity index (χ2n) is 6.82. The molecule has 0 radical (unpaired) electrons. The zero-order chi connectivity index (χ0) is 22.0. The number of aromatic amines is 1. The van der Waals surface area contributed by atoms with Gasteiger partial charge in [-0.1, -0.05) is 30.3 Å². The summed E-state index contributed by atoms with van der Waals surface area (Å²) in [6.07, 6.45) is 0.993. The first kappa shape index (κ1) is 20.4. The monoisotopic (exact) mass is 436 g/mol. The first-order valence-electron chi connectivity index (χ1n) is 9.20. The molecular formula is C22H17FN4O3S. The van der Waals surface area contributed by atoms with Gasteiger partial charge in [0, 0.05) is 23.1 Å². The first-order valence-corrected chi connectivity index (χ1v) is 11.1. The third-order valence-corrected chi connectivity index (χ3v) is 5.65. The number of amides is 1. The number of H-pyrrole nitrogens is 1. The minimum absolute atomic E-state index is 0.131. The molecule has 1 heterocycles. The Bertz CT molecular complexity index is 1350. The lowest BCUT2D eigenvalue weighted by molar-refractivity contribution is 0.102. The number of nitrogens with zero attached hydrogens (tertiary/aromatic N) is 2. The van der Waals surface area contributed by atoms with Crippen LogP contribution in [0.3, 0.4) is 0 Å². The van der Waals surface area contributed by atoms with Gasteiger partial charge in [-0.25, -0.2) is 17.8 Å². The molecule has 0 atom stereocenters. The van der Waals surface area contributed by atoms with Crippen LogP contribution in [0.4, 0.5) is 10.1 Å². The van der Waals surface area contributed by atoms with Crippen LogP contribution in [0, 0.1) is 5.82 Å². The summed E-state index contributed by atoms with van der Waals surface area (Å²) < 4.78 is 37.4.